The summed E-state index contributed by atoms with van der Waals surface area (Å²) in [4.78, 5) is 73.2. The van der Waals surface area contributed by atoms with Crippen LogP contribution >= 0.6 is 0 Å². The van der Waals surface area contributed by atoms with Crippen molar-refractivity contribution in [2.45, 2.75) is 41.5 Å². The Kier molecular flexibility index (Phi) is 17.1. The zero-order valence-electron chi connectivity index (χ0n) is 27.0. The van der Waals surface area contributed by atoms with Crippen LogP contribution in [0.2, 0.25) is 0 Å². The topological polar surface area (TPSA) is 167 Å². The van der Waals surface area contributed by atoms with Crippen molar-refractivity contribution in [1.29, 1.82) is 0 Å². The third-order valence-corrected chi connectivity index (χ3v) is 5.69. The molecule has 0 aliphatic heterocycles. The molecule has 0 aromatic carbocycles. The minimum atomic E-state index is -1.50. The molecule has 0 saturated carbocycles. The number of rotatable bonds is 21. The summed E-state index contributed by atoms with van der Waals surface area (Å²) in [6, 6.07) is 0. The minimum Gasteiger partial charge on any atom is -0.465 e. The summed E-state index contributed by atoms with van der Waals surface area (Å²) in [6.45, 7) is 22.4. The largest absolute Gasteiger partial charge is 0.465 e. The first-order valence-corrected chi connectivity index (χ1v) is 13.6. The van der Waals surface area contributed by atoms with Crippen LogP contribution in [0, 0.1) is 10.8 Å². The highest BCUT2D eigenvalue weighted by Gasteiger charge is 2.41. The van der Waals surface area contributed by atoms with E-state index in [0.717, 1.165) is 6.92 Å². The van der Waals surface area contributed by atoms with Gasteiger partial charge in [0.15, 0.2) is 0 Å². The minimum absolute atomic E-state index is 0.0711. The Bertz CT molecular complexity index is 1100. The van der Waals surface area contributed by atoms with Crippen molar-refractivity contribution in [1.82, 2.24) is 0 Å². The number of hydrogen-bond acceptors (Lipinski definition) is 13. The van der Waals surface area contributed by atoms with Gasteiger partial charge < -0.3 is 33.2 Å². The second kappa shape index (κ2) is 19.0. The van der Waals surface area contributed by atoms with Crippen molar-refractivity contribution in [3.8, 4) is 0 Å². The molecule has 13 nitrogen and oxygen atoms in total. The van der Waals surface area contributed by atoms with Crippen LogP contribution in [0.25, 0.3) is 0 Å². The summed E-state index contributed by atoms with van der Waals surface area (Å²) >= 11 is 0. The first kappa shape index (κ1) is 40.5. The fourth-order valence-electron chi connectivity index (χ4n) is 2.95. The van der Waals surface area contributed by atoms with Gasteiger partial charge in [0.1, 0.15) is 39.6 Å². The fraction of sp³-hybridized carbons (Fsp3) is 0.500. The molecular formula is C32H44O13. The van der Waals surface area contributed by atoms with Gasteiger partial charge in [-0.2, -0.15) is 0 Å². The molecule has 0 spiro atoms. The molecule has 0 atom stereocenters. The lowest BCUT2D eigenvalue weighted by molar-refractivity contribution is -0.171. The van der Waals surface area contributed by atoms with Crippen LogP contribution in [0.5, 0.6) is 0 Å². The van der Waals surface area contributed by atoms with Crippen LogP contribution in [0.15, 0.2) is 60.8 Å². The Morgan fingerprint density at radius 2 is 0.578 bits per heavy atom. The fourth-order valence-corrected chi connectivity index (χ4v) is 2.95. The zero-order valence-corrected chi connectivity index (χ0v) is 27.0. The van der Waals surface area contributed by atoms with Crippen molar-refractivity contribution in [3.63, 3.8) is 0 Å². The maximum atomic E-state index is 12.3. The second-order valence-electron chi connectivity index (χ2n) is 11.1. The summed E-state index contributed by atoms with van der Waals surface area (Å²) in [5.41, 5.74) is -2.60. The molecule has 0 unspecified atom stereocenters. The van der Waals surface area contributed by atoms with Gasteiger partial charge in [0.2, 0.25) is 0 Å². The van der Waals surface area contributed by atoms with Crippen LogP contribution < -0.4 is 0 Å². The average molecular weight is 637 g/mol. The third kappa shape index (κ3) is 15.7. The molecule has 0 fully saturated rings. The van der Waals surface area contributed by atoms with Crippen LogP contribution in [-0.4, -0.2) is 88.7 Å². The highest BCUT2D eigenvalue weighted by atomic mass is 16.6. The Morgan fingerprint density at radius 1 is 0.378 bits per heavy atom. The molecule has 0 rings (SSSR count). The van der Waals surface area contributed by atoms with Gasteiger partial charge >= 0.3 is 35.8 Å². The molecule has 13 heteroatoms. The smallest absolute Gasteiger partial charge is 0.333 e. The maximum absolute atomic E-state index is 12.3. The van der Waals surface area contributed by atoms with Crippen LogP contribution in [0.1, 0.15) is 41.5 Å². The molecule has 0 aromatic rings. The number of hydrogen-bond donors (Lipinski definition) is 0. The first-order chi connectivity index (χ1) is 20.8. The van der Waals surface area contributed by atoms with Gasteiger partial charge in [-0.05, 0) is 34.6 Å². The lowest BCUT2D eigenvalue weighted by Gasteiger charge is -2.35. The normalized spacial score (nSPS) is 10.9. The molecule has 0 heterocycles. The summed E-state index contributed by atoms with van der Waals surface area (Å²) in [5, 5.41) is 0. The number of esters is 6. The van der Waals surface area contributed by atoms with Gasteiger partial charge in [0, 0.05) is 34.8 Å². The first-order valence-electron chi connectivity index (χ1n) is 13.6. The molecule has 0 aromatic heterocycles. The van der Waals surface area contributed by atoms with Gasteiger partial charge in [-0.15, -0.1) is 0 Å². The standard InChI is InChI=1S/C32H44O13/c1-20(2)26(34)41-15-31(14-40-25(11)33,16-42-27(35)21(3)4)12-39-13-32(17-43-28(36)22(5)6,18-44-29(37)23(7)8)19-45-30(38)24(9)10/h1,3,5,7,9,12-19H2,2,4,6,8,10-11H3. The average Bonchev–Trinajstić information content (AvgIpc) is 2.96. The Labute approximate surface area is 263 Å². The van der Waals surface area contributed by atoms with Crippen LogP contribution in [0.4, 0.5) is 0 Å². The third-order valence-electron chi connectivity index (χ3n) is 5.69. The molecule has 0 radical (unpaired) electrons. The molecule has 0 N–H and O–H groups in total. The molecule has 45 heavy (non-hydrogen) atoms. The van der Waals surface area contributed by atoms with Crippen LogP contribution in [-0.2, 0) is 61.9 Å². The maximum Gasteiger partial charge on any atom is 0.333 e. The van der Waals surface area contributed by atoms with E-state index >= 15 is 0 Å². The second-order valence-corrected chi connectivity index (χ2v) is 11.1. The van der Waals surface area contributed by atoms with E-state index in [4.69, 9.17) is 33.2 Å². The zero-order chi connectivity index (χ0) is 35.0. The number of ether oxygens (including phenoxy) is 7. The van der Waals surface area contributed by atoms with Crippen molar-refractivity contribution >= 4 is 35.8 Å². The molecule has 0 amide bonds. The molecule has 0 bridgehead atoms. The van der Waals surface area contributed by atoms with Gasteiger partial charge in [-0.25, -0.2) is 24.0 Å². The molecule has 0 aliphatic rings. The monoisotopic (exact) mass is 636 g/mol. The molecule has 0 aliphatic carbocycles. The van der Waals surface area contributed by atoms with Gasteiger partial charge in [-0.3, -0.25) is 4.79 Å². The SMILES string of the molecule is C=C(C)C(=O)OCC(COCC(COC(=O)C(=C)C)(COC(=O)C(=C)C)COC(=O)C(=C)C)(COC(C)=O)COC(=O)C(=C)C. The molecule has 250 valence electrons. The highest BCUT2D eigenvalue weighted by molar-refractivity contribution is 5.88. The lowest BCUT2D eigenvalue weighted by Crippen LogP contribution is -2.47. The van der Waals surface area contributed by atoms with E-state index < -0.39 is 99.5 Å². The number of carbonyl (C=O) groups is 6. The van der Waals surface area contributed by atoms with E-state index in [-0.39, 0.29) is 27.9 Å². The number of carbonyl (C=O) groups excluding carboxylic acids is 6. The van der Waals surface area contributed by atoms with Crippen molar-refractivity contribution in [2.24, 2.45) is 10.8 Å². The Hall–Kier alpha value is -4.52. The Balaban J connectivity index is 6.58. The van der Waals surface area contributed by atoms with E-state index in [2.05, 4.69) is 32.9 Å². The highest BCUT2D eigenvalue weighted by Crippen LogP contribution is 2.27. The summed E-state index contributed by atoms with van der Waals surface area (Å²) in [5.74, 6) is -4.56. The predicted molar refractivity (Wildman–Crippen MR) is 161 cm³/mol. The quantitative estimate of drug-likeness (QED) is 0.102. The molecular weight excluding hydrogens is 592 g/mol. The van der Waals surface area contributed by atoms with E-state index in [1.165, 1.54) is 34.6 Å². The summed E-state index contributed by atoms with van der Waals surface area (Å²) < 4.78 is 37.9. The molecule has 0 saturated heterocycles. The summed E-state index contributed by atoms with van der Waals surface area (Å²) in [6.07, 6.45) is 0. The van der Waals surface area contributed by atoms with E-state index in [9.17, 15) is 28.8 Å². The van der Waals surface area contributed by atoms with Gasteiger partial charge in [0.05, 0.1) is 24.0 Å². The lowest BCUT2D eigenvalue weighted by atomic mass is 9.90. The van der Waals surface area contributed by atoms with E-state index in [1.54, 1.807) is 0 Å². The van der Waals surface area contributed by atoms with Crippen molar-refractivity contribution in [3.05, 3.63) is 60.8 Å². The summed E-state index contributed by atoms with van der Waals surface area (Å²) in [7, 11) is 0. The van der Waals surface area contributed by atoms with E-state index in [0.29, 0.717) is 0 Å². The van der Waals surface area contributed by atoms with Crippen LogP contribution in [0.3, 0.4) is 0 Å². The van der Waals surface area contributed by atoms with Gasteiger partial charge in [0.25, 0.3) is 0 Å². The Morgan fingerprint density at radius 3 is 0.756 bits per heavy atom. The van der Waals surface area contributed by atoms with E-state index in [1.807, 2.05) is 0 Å². The predicted octanol–water partition coefficient (Wildman–Crippen LogP) is 3.14. The van der Waals surface area contributed by atoms with Crippen molar-refractivity contribution < 1.29 is 61.9 Å². The van der Waals surface area contributed by atoms with Crippen molar-refractivity contribution in [2.75, 3.05) is 52.9 Å². The van der Waals surface area contributed by atoms with Gasteiger partial charge in [-0.1, -0.05) is 32.9 Å².